The van der Waals surface area contributed by atoms with Crippen LogP contribution in [-0.4, -0.2) is 23.6 Å². The van der Waals surface area contributed by atoms with Gasteiger partial charge in [0.1, 0.15) is 5.75 Å². The fourth-order valence-corrected chi connectivity index (χ4v) is 1.30. The Morgan fingerprint density at radius 2 is 2.12 bits per heavy atom. The Morgan fingerprint density at radius 3 is 2.65 bits per heavy atom. The third kappa shape index (κ3) is 3.21. The first-order valence-corrected chi connectivity index (χ1v) is 5.18. The van der Waals surface area contributed by atoms with E-state index in [1.165, 1.54) is 6.07 Å². The molecule has 5 nitrogen and oxygen atoms in total. The lowest BCUT2D eigenvalue weighted by atomic mass is 10.1. The van der Waals surface area contributed by atoms with Crippen LogP contribution in [0.3, 0.4) is 0 Å². The standard InChI is InChI=1S/C12H15NO4/c1-7(11(13)14)6-17-10-5-3-4-9(8(10)2)12(15)16/h3-5,7H,6H2,1-2H3,(H2,13,14)(H,15,16). The molecule has 0 saturated heterocycles. The van der Waals surface area contributed by atoms with Gasteiger partial charge in [-0.2, -0.15) is 0 Å². The number of hydrogen-bond acceptors (Lipinski definition) is 3. The summed E-state index contributed by atoms with van der Waals surface area (Å²) in [4.78, 5) is 21.7. The number of nitrogens with two attached hydrogens (primary N) is 1. The Balaban J connectivity index is 2.82. The fourth-order valence-electron chi connectivity index (χ4n) is 1.30. The van der Waals surface area contributed by atoms with Gasteiger partial charge in [0.25, 0.3) is 0 Å². The lowest BCUT2D eigenvalue weighted by Gasteiger charge is -2.13. The third-order valence-electron chi connectivity index (χ3n) is 2.49. The predicted octanol–water partition coefficient (Wildman–Crippen LogP) is 1.19. The number of carbonyl (C=O) groups is 2. The average molecular weight is 237 g/mol. The lowest BCUT2D eigenvalue weighted by molar-refractivity contribution is -0.122. The van der Waals surface area contributed by atoms with E-state index in [1.807, 2.05) is 0 Å². The Bertz CT molecular complexity index is 442. The van der Waals surface area contributed by atoms with Crippen molar-refractivity contribution in [1.29, 1.82) is 0 Å². The number of primary amides is 1. The molecular formula is C12H15NO4. The second kappa shape index (κ2) is 5.34. The molecule has 0 saturated carbocycles. The number of rotatable bonds is 5. The molecule has 1 amide bonds. The van der Waals surface area contributed by atoms with Gasteiger partial charge in [-0.25, -0.2) is 4.79 Å². The van der Waals surface area contributed by atoms with Crippen LogP contribution in [0.25, 0.3) is 0 Å². The van der Waals surface area contributed by atoms with Crippen LogP contribution >= 0.6 is 0 Å². The number of carboxylic acid groups (broad SMARTS) is 1. The summed E-state index contributed by atoms with van der Waals surface area (Å²) in [6.07, 6.45) is 0. The van der Waals surface area contributed by atoms with E-state index in [2.05, 4.69) is 0 Å². The molecule has 0 aliphatic heterocycles. The minimum Gasteiger partial charge on any atom is -0.492 e. The molecule has 17 heavy (non-hydrogen) atoms. The minimum atomic E-state index is -1.00. The van der Waals surface area contributed by atoms with Crippen LogP contribution in [-0.2, 0) is 4.79 Å². The quantitative estimate of drug-likeness (QED) is 0.805. The van der Waals surface area contributed by atoms with Crippen molar-refractivity contribution >= 4 is 11.9 Å². The van der Waals surface area contributed by atoms with E-state index in [9.17, 15) is 9.59 Å². The Morgan fingerprint density at radius 1 is 1.47 bits per heavy atom. The van der Waals surface area contributed by atoms with Crippen molar-refractivity contribution in [2.45, 2.75) is 13.8 Å². The highest BCUT2D eigenvalue weighted by atomic mass is 16.5. The van der Waals surface area contributed by atoms with Crippen LogP contribution in [0.1, 0.15) is 22.8 Å². The zero-order valence-electron chi connectivity index (χ0n) is 9.77. The van der Waals surface area contributed by atoms with E-state index in [4.69, 9.17) is 15.6 Å². The number of benzene rings is 1. The van der Waals surface area contributed by atoms with Crippen LogP contribution < -0.4 is 10.5 Å². The maximum absolute atomic E-state index is 10.9. The maximum atomic E-state index is 10.9. The number of aromatic carboxylic acids is 1. The molecule has 5 heteroatoms. The molecule has 1 rings (SSSR count). The van der Waals surface area contributed by atoms with Gasteiger partial charge in [-0.1, -0.05) is 13.0 Å². The first kappa shape index (κ1) is 13.0. The van der Waals surface area contributed by atoms with Crippen LogP contribution in [0.15, 0.2) is 18.2 Å². The number of amides is 1. The summed E-state index contributed by atoms with van der Waals surface area (Å²) in [7, 11) is 0. The molecule has 3 N–H and O–H groups in total. The predicted molar refractivity (Wildman–Crippen MR) is 62.0 cm³/mol. The molecule has 0 heterocycles. The molecule has 1 atom stereocenters. The van der Waals surface area contributed by atoms with Gasteiger partial charge < -0.3 is 15.6 Å². The normalized spacial score (nSPS) is 11.9. The summed E-state index contributed by atoms with van der Waals surface area (Å²) in [6.45, 7) is 3.45. The molecule has 1 unspecified atom stereocenters. The van der Waals surface area contributed by atoms with Crippen molar-refractivity contribution in [3.05, 3.63) is 29.3 Å². The topological polar surface area (TPSA) is 89.6 Å². The van der Waals surface area contributed by atoms with E-state index in [0.29, 0.717) is 11.3 Å². The summed E-state index contributed by atoms with van der Waals surface area (Å²) in [6, 6.07) is 4.76. The van der Waals surface area contributed by atoms with Crippen LogP contribution in [0.5, 0.6) is 5.75 Å². The monoisotopic (exact) mass is 237 g/mol. The highest BCUT2D eigenvalue weighted by molar-refractivity contribution is 5.90. The maximum Gasteiger partial charge on any atom is 0.336 e. The number of ether oxygens (including phenoxy) is 1. The number of hydrogen-bond donors (Lipinski definition) is 2. The van der Waals surface area contributed by atoms with Gasteiger partial charge in [0.15, 0.2) is 0 Å². The van der Waals surface area contributed by atoms with Crippen molar-refractivity contribution in [3.63, 3.8) is 0 Å². The zero-order chi connectivity index (χ0) is 13.0. The van der Waals surface area contributed by atoms with Gasteiger partial charge in [-0.15, -0.1) is 0 Å². The summed E-state index contributed by atoms with van der Waals surface area (Å²) < 4.78 is 5.39. The second-order valence-corrected chi connectivity index (χ2v) is 3.85. The van der Waals surface area contributed by atoms with Crippen molar-refractivity contribution in [2.24, 2.45) is 11.7 Å². The average Bonchev–Trinajstić information content (AvgIpc) is 2.26. The smallest absolute Gasteiger partial charge is 0.336 e. The molecule has 0 aromatic heterocycles. The fraction of sp³-hybridized carbons (Fsp3) is 0.333. The van der Waals surface area contributed by atoms with Crippen LogP contribution in [0, 0.1) is 12.8 Å². The molecule has 1 aromatic rings. The first-order valence-electron chi connectivity index (χ1n) is 5.18. The highest BCUT2D eigenvalue weighted by Crippen LogP contribution is 2.21. The van der Waals surface area contributed by atoms with E-state index in [-0.39, 0.29) is 12.2 Å². The Kier molecular flexibility index (Phi) is 4.09. The summed E-state index contributed by atoms with van der Waals surface area (Å²) in [5.41, 5.74) is 5.83. The van der Waals surface area contributed by atoms with Gasteiger partial charge >= 0.3 is 5.97 Å². The summed E-state index contributed by atoms with van der Waals surface area (Å²) in [5.74, 6) is -1.41. The van der Waals surface area contributed by atoms with E-state index in [1.54, 1.807) is 26.0 Å². The second-order valence-electron chi connectivity index (χ2n) is 3.85. The van der Waals surface area contributed by atoms with Crippen LogP contribution in [0.4, 0.5) is 0 Å². The molecule has 0 bridgehead atoms. The van der Waals surface area contributed by atoms with Gasteiger partial charge in [0.05, 0.1) is 18.1 Å². The Hall–Kier alpha value is -2.04. The van der Waals surface area contributed by atoms with Crippen molar-refractivity contribution in [2.75, 3.05) is 6.61 Å². The lowest BCUT2D eigenvalue weighted by Crippen LogP contribution is -2.26. The third-order valence-corrected chi connectivity index (χ3v) is 2.49. The summed E-state index contributed by atoms with van der Waals surface area (Å²) >= 11 is 0. The van der Waals surface area contributed by atoms with Crippen LogP contribution in [0.2, 0.25) is 0 Å². The molecule has 0 aliphatic rings. The molecule has 0 aliphatic carbocycles. The molecule has 1 aromatic carbocycles. The zero-order valence-corrected chi connectivity index (χ0v) is 9.77. The number of carbonyl (C=O) groups excluding carboxylic acids is 1. The number of carboxylic acids is 1. The molecule has 0 radical (unpaired) electrons. The summed E-state index contributed by atoms with van der Waals surface area (Å²) in [5, 5.41) is 8.93. The van der Waals surface area contributed by atoms with Crippen molar-refractivity contribution in [1.82, 2.24) is 0 Å². The Labute approximate surface area is 99.2 Å². The van der Waals surface area contributed by atoms with E-state index >= 15 is 0 Å². The first-order chi connectivity index (χ1) is 7.93. The van der Waals surface area contributed by atoms with E-state index in [0.717, 1.165) is 0 Å². The van der Waals surface area contributed by atoms with Crippen molar-refractivity contribution in [3.8, 4) is 5.75 Å². The SMILES string of the molecule is Cc1c(OCC(C)C(N)=O)cccc1C(=O)O. The van der Waals surface area contributed by atoms with Gasteiger partial charge in [0, 0.05) is 5.56 Å². The molecular weight excluding hydrogens is 222 g/mol. The molecule has 0 spiro atoms. The largest absolute Gasteiger partial charge is 0.492 e. The van der Waals surface area contributed by atoms with Gasteiger partial charge in [0.2, 0.25) is 5.91 Å². The molecule has 0 fully saturated rings. The molecule has 92 valence electrons. The van der Waals surface area contributed by atoms with E-state index < -0.39 is 17.8 Å². The highest BCUT2D eigenvalue weighted by Gasteiger charge is 2.13. The van der Waals surface area contributed by atoms with Gasteiger partial charge in [-0.3, -0.25) is 4.79 Å². The van der Waals surface area contributed by atoms with Crippen molar-refractivity contribution < 1.29 is 19.4 Å². The van der Waals surface area contributed by atoms with Gasteiger partial charge in [-0.05, 0) is 19.1 Å². The minimum absolute atomic E-state index is 0.138.